The maximum absolute atomic E-state index is 11.6. The minimum absolute atomic E-state index is 0.0643. The smallest absolute Gasteiger partial charge is 0.252 e. The first-order valence-electron chi connectivity index (χ1n) is 6.19. The number of nitrogens with zero attached hydrogens (tertiary/aromatic N) is 1. The number of pyridine rings is 1. The quantitative estimate of drug-likeness (QED) is 0.711. The fourth-order valence-electron chi connectivity index (χ4n) is 1.40. The molecule has 2 amide bonds. The highest BCUT2D eigenvalue weighted by Crippen LogP contribution is 1.95. The van der Waals surface area contributed by atoms with Gasteiger partial charge in [-0.3, -0.25) is 14.6 Å². The molecule has 0 aliphatic rings. The van der Waals surface area contributed by atoms with Crippen LogP contribution in [0.25, 0.3) is 0 Å². The lowest BCUT2D eigenvalue weighted by Gasteiger charge is -2.05. The van der Waals surface area contributed by atoms with E-state index < -0.39 is 0 Å². The number of amides is 2. The summed E-state index contributed by atoms with van der Waals surface area (Å²) in [5.74, 6) is -0.0462. The molecule has 1 aromatic heterocycles. The van der Waals surface area contributed by atoms with Gasteiger partial charge < -0.3 is 10.6 Å². The Morgan fingerprint density at radius 1 is 1.22 bits per heavy atom. The summed E-state index contributed by atoms with van der Waals surface area (Å²) in [7, 11) is 0. The van der Waals surface area contributed by atoms with E-state index in [-0.39, 0.29) is 11.8 Å². The van der Waals surface area contributed by atoms with E-state index in [0.717, 1.165) is 12.8 Å². The van der Waals surface area contributed by atoms with E-state index in [0.29, 0.717) is 25.1 Å². The van der Waals surface area contributed by atoms with Crippen LogP contribution in [-0.4, -0.2) is 29.9 Å². The van der Waals surface area contributed by atoms with Crippen LogP contribution in [0.1, 0.15) is 36.5 Å². The third-order valence-electron chi connectivity index (χ3n) is 2.46. The van der Waals surface area contributed by atoms with Gasteiger partial charge >= 0.3 is 0 Å². The van der Waals surface area contributed by atoms with Crippen molar-refractivity contribution in [2.24, 2.45) is 0 Å². The zero-order valence-electron chi connectivity index (χ0n) is 10.6. The van der Waals surface area contributed by atoms with Crippen molar-refractivity contribution >= 4 is 11.8 Å². The molecular weight excluding hydrogens is 230 g/mol. The average molecular weight is 249 g/mol. The second kappa shape index (κ2) is 8.22. The molecule has 18 heavy (non-hydrogen) atoms. The first kappa shape index (κ1) is 14.2. The zero-order valence-corrected chi connectivity index (χ0v) is 10.6. The van der Waals surface area contributed by atoms with Crippen LogP contribution in [0.5, 0.6) is 0 Å². The summed E-state index contributed by atoms with van der Waals surface area (Å²) < 4.78 is 0. The molecule has 0 spiro atoms. The molecule has 0 aromatic carbocycles. The Morgan fingerprint density at radius 2 is 1.94 bits per heavy atom. The Hall–Kier alpha value is -1.91. The minimum Gasteiger partial charge on any atom is -0.356 e. The zero-order chi connectivity index (χ0) is 13.2. The number of nitrogens with one attached hydrogen (secondary N) is 2. The standard InChI is InChI=1S/C13H19N3O2/c1-2-12(17)15-8-3-4-9-16-13(18)11-6-5-7-14-10-11/h5-7,10H,2-4,8-9H2,1H3,(H,15,17)(H,16,18). The van der Waals surface area contributed by atoms with E-state index in [9.17, 15) is 9.59 Å². The van der Waals surface area contributed by atoms with Gasteiger partial charge in [0, 0.05) is 31.9 Å². The van der Waals surface area contributed by atoms with Crippen molar-refractivity contribution in [2.45, 2.75) is 26.2 Å². The van der Waals surface area contributed by atoms with Gasteiger partial charge in [-0.25, -0.2) is 0 Å². The highest BCUT2D eigenvalue weighted by molar-refractivity contribution is 5.93. The maximum atomic E-state index is 11.6. The van der Waals surface area contributed by atoms with Gasteiger partial charge in [0.15, 0.2) is 0 Å². The lowest BCUT2D eigenvalue weighted by Crippen LogP contribution is -2.26. The van der Waals surface area contributed by atoms with Crippen molar-refractivity contribution in [1.82, 2.24) is 15.6 Å². The molecule has 0 unspecified atom stereocenters. The summed E-state index contributed by atoms with van der Waals surface area (Å²) in [6.07, 6.45) is 5.39. The molecule has 0 atom stereocenters. The van der Waals surface area contributed by atoms with Crippen LogP contribution in [-0.2, 0) is 4.79 Å². The van der Waals surface area contributed by atoms with Gasteiger partial charge in [0.1, 0.15) is 0 Å². The number of carbonyl (C=O) groups is 2. The number of aromatic nitrogens is 1. The van der Waals surface area contributed by atoms with Crippen LogP contribution in [0.2, 0.25) is 0 Å². The van der Waals surface area contributed by atoms with Gasteiger partial charge in [-0.15, -0.1) is 0 Å². The van der Waals surface area contributed by atoms with Crippen LogP contribution in [0.4, 0.5) is 0 Å². The molecule has 1 rings (SSSR count). The summed E-state index contributed by atoms with van der Waals surface area (Å²) in [6, 6.07) is 3.46. The number of carbonyl (C=O) groups excluding carboxylic acids is 2. The monoisotopic (exact) mass is 249 g/mol. The first-order chi connectivity index (χ1) is 8.74. The topological polar surface area (TPSA) is 71.1 Å². The van der Waals surface area contributed by atoms with Gasteiger partial charge in [-0.1, -0.05) is 6.92 Å². The van der Waals surface area contributed by atoms with E-state index in [2.05, 4.69) is 15.6 Å². The summed E-state index contributed by atoms with van der Waals surface area (Å²) in [6.45, 7) is 3.09. The van der Waals surface area contributed by atoms with E-state index in [4.69, 9.17) is 0 Å². The van der Waals surface area contributed by atoms with Crippen molar-refractivity contribution in [2.75, 3.05) is 13.1 Å². The molecule has 0 fully saturated rings. The van der Waals surface area contributed by atoms with Crippen molar-refractivity contribution < 1.29 is 9.59 Å². The molecule has 5 nitrogen and oxygen atoms in total. The third-order valence-corrected chi connectivity index (χ3v) is 2.46. The number of unbranched alkanes of at least 4 members (excludes halogenated alkanes) is 1. The Morgan fingerprint density at radius 3 is 2.56 bits per heavy atom. The van der Waals surface area contributed by atoms with Crippen LogP contribution in [0, 0.1) is 0 Å². The largest absolute Gasteiger partial charge is 0.356 e. The molecule has 0 bridgehead atoms. The van der Waals surface area contributed by atoms with Crippen molar-refractivity contribution in [1.29, 1.82) is 0 Å². The van der Waals surface area contributed by atoms with Crippen molar-refractivity contribution in [3.8, 4) is 0 Å². The van der Waals surface area contributed by atoms with Crippen molar-refractivity contribution in [3.63, 3.8) is 0 Å². The van der Waals surface area contributed by atoms with Crippen LogP contribution < -0.4 is 10.6 Å². The third kappa shape index (κ3) is 5.43. The Labute approximate surface area is 107 Å². The summed E-state index contributed by atoms with van der Waals surface area (Å²) in [4.78, 5) is 26.4. The van der Waals surface area contributed by atoms with Crippen molar-refractivity contribution in [3.05, 3.63) is 30.1 Å². The Balaban J connectivity index is 2.08. The summed E-state index contributed by atoms with van der Waals surface area (Å²) in [5.41, 5.74) is 0.566. The molecule has 0 aliphatic heterocycles. The fourth-order valence-corrected chi connectivity index (χ4v) is 1.40. The lowest BCUT2D eigenvalue weighted by molar-refractivity contribution is -0.120. The molecule has 5 heteroatoms. The molecule has 0 saturated carbocycles. The SMILES string of the molecule is CCC(=O)NCCCCNC(=O)c1cccnc1. The minimum atomic E-state index is -0.110. The predicted molar refractivity (Wildman–Crippen MR) is 69.1 cm³/mol. The molecule has 2 N–H and O–H groups in total. The molecule has 0 saturated heterocycles. The average Bonchev–Trinajstić information content (AvgIpc) is 2.43. The number of hydrogen-bond donors (Lipinski definition) is 2. The highest BCUT2D eigenvalue weighted by Gasteiger charge is 2.03. The second-order valence-electron chi connectivity index (χ2n) is 3.91. The molecule has 98 valence electrons. The molecule has 1 aromatic rings. The highest BCUT2D eigenvalue weighted by atomic mass is 16.2. The van der Waals surface area contributed by atoms with E-state index in [1.54, 1.807) is 18.3 Å². The maximum Gasteiger partial charge on any atom is 0.252 e. The normalized spacial score (nSPS) is 9.83. The van der Waals surface area contributed by atoms with Crippen LogP contribution in [0.3, 0.4) is 0 Å². The molecule has 1 heterocycles. The van der Waals surface area contributed by atoms with E-state index >= 15 is 0 Å². The first-order valence-corrected chi connectivity index (χ1v) is 6.19. The van der Waals surface area contributed by atoms with Crippen LogP contribution >= 0.6 is 0 Å². The Kier molecular flexibility index (Phi) is 6.46. The van der Waals surface area contributed by atoms with Gasteiger partial charge in [0.2, 0.25) is 5.91 Å². The molecule has 0 aliphatic carbocycles. The fraction of sp³-hybridized carbons (Fsp3) is 0.462. The van der Waals surface area contributed by atoms with E-state index in [1.165, 1.54) is 6.20 Å². The number of rotatable bonds is 7. The van der Waals surface area contributed by atoms with Gasteiger partial charge in [0.25, 0.3) is 5.91 Å². The van der Waals surface area contributed by atoms with Gasteiger partial charge in [0.05, 0.1) is 5.56 Å². The number of hydrogen-bond acceptors (Lipinski definition) is 3. The van der Waals surface area contributed by atoms with Crippen LogP contribution in [0.15, 0.2) is 24.5 Å². The van der Waals surface area contributed by atoms with Gasteiger partial charge in [-0.2, -0.15) is 0 Å². The van der Waals surface area contributed by atoms with Gasteiger partial charge in [-0.05, 0) is 25.0 Å². The summed E-state index contributed by atoms with van der Waals surface area (Å²) >= 11 is 0. The second-order valence-corrected chi connectivity index (χ2v) is 3.91. The molecular formula is C13H19N3O2. The molecule has 0 radical (unpaired) electrons. The lowest BCUT2D eigenvalue weighted by atomic mass is 10.2. The predicted octanol–water partition coefficient (Wildman–Crippen LogP) is 1.12. The van der Waals surface area contributed by atoms with E-state index in [1.807, 2.05) is 6.92 Å². The summed E-state index contributed by atoms with van der Waals surface area (Å²) in [5, 5.41) is 5.60. The Bertz CT molecular complexity index is 379.